The summed E-state index contributed by atoms with van der Waals surface area (Å²) in [6.07, 6.45) is 0. The number of nitrogens with one attached hydrogen (secondary N) is 1. The number of para-hydroxylation sites is 1. The van der Waals surface area contributed by atoms with Crippen molar-refractivity contribution in [1.82, 2.24) is 0 Å². The number of thioether (sulfide) groups is 1. The molecule has 25 heavy (non-hydrogen) atoms. The molecule has 0 heterocycles. The third-order valence-corrected chi connectivity index (χ3v) is 4.34. The second-order valence-electron chi connectivity index (χ2n) is 5.27. The lowest BCUT2D eigenvalue weighted by molar-refractivity contribution is -0.113. The van der Waals surface area contributed by atoms with E-state index in [0.717, 1.165) is 16.3 Å². The van der Waals surface area contributed by atoms with Crippen molar-refractivity contribution >= 4 is 23.4 Å². The smallest absolute Gasteiger partial charge is 0.234 e. The number of benzene rings is 3. The molecule has 0 spiro atoms. The minimum absolute atomic E-state index is 0.0881. The number of phenols is 1. The maximum Gasteiger partial charge on any atom is 0.234 e. The van der Waals surface area contributed by atoms with Crippen LogP contribution in [0.5, 0.6) is 17.2 Å². The van der Waals surface area contributed by atoms with Crippen molar-refractivity contribution in [3.63, 3.8) is 0 Å². The molecule has 4 nitrogen and oxygen atoms in total. The quantitative estimate of drug-likeness (QED) is 0.619. The Morgan fingerprint density at radius 3 is 2.20 bits per heavy atom. The van der Waals surface area contributed by atoms with Gasteiger partial charge in [0.1, 0.15) is 17.2 Å². The van der Waals surface area contributed by atoms with Crippen molar-refractivity contribution in [2.45, 2.75) is 4.90 Å². The average Bonchev–Trinajstić information content (AvgIpc) is 2.64. The van der Waals surface area contributed by atoms with Gasteiger partial charge in [0.25, 0.3) is 0 Å². The molecule has 3 aromatic carbocycles. The number of hydrogen-bond acceptors (Lipinski definition) is 4. The van der Waals surface area contributed by atoms with E-state index in [4.69, 9.17) is 4.74 Å². The molecular weight excluding hydrogens is 334 g/mol. The van der Waals surface area contributed by atoms with Crippen molar-refractivity contribution in [2.24, 2.45) is 0 Å². The van der Waals surface area contributed by atoms with Crippen LogP contribution in [0.1, 0.15) is 0 Å². The fourth-order valence-electron chi connectivity index (χ4n) is 2.12. The third kappa shape index (κ3) is 5.29. The summed E-state index contributed by atoms with van der Waals surface area (Å²) in [5, 5.41) is 12.1. The van der Waals surface area contributed by atoms with E-state index in [9.17, 15) is 9.90 Å². The van der Waals surface area contributed by atoms with Gasteiger partial charge in [-0.25, -0.2) is 0 Å². The predicted octanol–water partition coefficient (Wildman–Crippen LogP) is 4.92. The van der Waals surface area contributed by atoms with Crippen LogP contribution in [-0.4, -0.2) is 16.8 Å². The third-order valence-electron chi connectivity index (χ3n) is 3.32. The summed E-state index contributed by atoms with van der Waals surface area (Å²) in [5.41, 5.74) is 0.719. The van der Waals surface area contributed by atoms with Crippen LogP contribution in [0.2, 0.25) is 0 Å². The van der Waals surface area contributed by atoms with Crippen LogP contribution in [0.15, 0.2) is 83.8 Å². The van der Waals surface area contributed by atoms with Crippen LogP contribution < -0.4 is 10.1 Å². The van der Waals surface area contributed by atoms with E-state index < -0.39 is 0 Å². The Hall–Kier alpha value is -2.92. The fraction of sp³-hybridized carbons (Fsp3) is 0.0500. The summed E-state index contributed by atoms with van der Waals surface area (Å²) in [6, 6.07) is 23.5. The van der Waals surface area contributed by atoms with Gasteiger partial charge >= 0.3 is 0 Å². The van der Waals surface area contributed by atoms with Crippen LogP contribution in [0, 0.1) is 0 Å². The van der Waals surface area contributed by atoms with E-state index >= 15 is 0 Å². The molecule has 0 saturated heterocycles. The van der Waals surface area contributed by atoms with Gasteiger partial charge in [-0.1, -0.05) is 18.2 Å². The maximum absolute atomic E-state index is 12.0. The number of carbonyl (C=O) groups excluding carboxylic acids is 1. The van der Waals surface area contributed by atoms with Gasteiger partial charge in [0.05, 0.1) is 5.75 Å². The van der Waals surface area contributed by atoms with Crippen LogP contribution in [0.25, 0.3) is 0 Å². The molecule has 2 N–H and O–H groups in total. The zero-order chi connectivity index (χ0) is 17.5. The van der Waals surface area contributed by atoms with Gasteiger partial charge in [-0.3, -0.25) is 4.79 Å². The van der Waals surface area contributed by atoms with Crippen molar-refractivity contribution in [3.05, 3.63) is 78.9 Å². The highest BCUT2D eigenvalue weighted by atomic mass is 32.2. The first-order valence-electron chi connectivity index (χ1n) is 7.74. The van der Waals surface area contributed by atoms with Crippen LogP contribution in [-0.2, 0) is 4.79 Å². The Morgan fingerprint density at radius 2 is 1.52 bits per heavy atom. The number of amides is 1. The van der Waals surface area contributed by atoms with Crippen molar-refractivity contribution in [2.75, 3.05) is 11.1 Å². The number of rotatable bonds is 6. The molecule has 126 valence electrons. The summed E-state index contributed by atoms with van der Waals surface area (Å²) < 4.78 is 5.72. The molecule has 0 bridgehead atoms. The molecule has 5 heteroatoms. The first kappa shape index (κ1) is 16.9. The molecular formula is C20H17NO3S. The number of ether oxygens (including phenoxy) is 1. The number of anilines is 1. The van der Waals surface area contributed by atoms with E-state index in [0.29, 0.717) is 11.5 Å². The van der Waals surface area contributed by atoms with Crippen molar-refractivity contribution in [3.8, 4) is 17.2 Å². The van der Waals surface area contributed by atoms with Gasteiger partial charge in [0, 0.05) is 10.6 Å². The Morgan fingerprint density at radius 1 is 0.880 bits per heavy atom. The summed E-state index contributed by atoms with van der Waals surface area (Å²) in [7, 11) is 0. The maximum atomic E-state index is 12.0. The molecule has 0 radical (unpaired) electrons. The van der Waals surface area contributed by atoms with E-state index in [1.807, 2.05) is 42.5 Å². The van der Waals surface area contributed by atoms with Crippen LogP contribution in [0.3, 0.4) is 0 Å². The predicted molar refractivity (Wildman–Crippen MR) is 100 cm³/mol. The summed E-state index contributed by atoms with van der Waals surface area (Å²) in [5.74, 6) is 1.90. The Labute approximate surface area is 150 Å². The molecule has 0 aliphatic rings. The highest BCUT2D eigenvalue weighted by molar-refractivity contribution is 8.00. The Bertz CT molecular complexity index is 818. The number of carbonyl (C=O) groups is 1. The number of phenolic OH excluding ortho intramolecular Hbond substituents is 1. The lowest BCUT2D eigenvalue weighted by Crippen LogP contribution is -2.13. The summed E-state index contributed by atoms with van der Waals surface area (Å²) >= 11 is 1.41. The van der Waals surface area contributed by atoms with Crippen LogP contribution in [0.4, 0.5) is 5.69 Å². The van der Waals surface area contributed by atoms with Gasteiger partial charge in [0.2, 0.25) is 5.91 Å². The Kier molecular flexibility index (Phi) is 5.59. The molecule has 0 atom stereocenters. The summed E-state index contributed by atoms with van der Waals surface area (Å²) in [4.78, 5) is 12.9. The average molecular weight is 351 g/mol. The van der Waals surface area contributed by atoms with Gasteiger partial charge in [-0.2, -0.15) is 0 Å². The van der Waals surface area contributed by atoms with Crippen molar-refractivity contribution < 1.29 is 14.6 Å². The monoisotopic (exact) mass is 351 g/mol. The summed E-state index contributed by atoms with van der Waals surface area (Å²) in [6.45, 7) is 0. The van der Waals surface area contributed by atoms with E-state index in [-0.39, 0.29) is 11.7 Å². The molecule has 0 fully saturated rings. The lowest BCUT2D eigenvalue weighted by atomic mass is 10.3. The highest BCUT2D eigenvalue weighted by Crippen LogP contribution is 2.23. The zero-order valence-corrected chi connectivity index (χ0v) is 14.2. The molecule has 0 unspecified atom stereocenters. The van der Waals surface area contributed by atoms with E-state index in [1.165, 1.54) is 11.8 Å². The van der Waals surface area contributed by atoms with Gasteiger partial charge < -0.3 is 15.2 Å². The van der Waals surface area contributed by atoms with E-state index in [1.54, 1.807) is 36.4 Å². The normalized spacial score (nSPS) is 10.2. The second-order valence-corrected chi connectivity index (χ2v) is 6.32. The molecule has 0 aliphatic carbocycles. The molecule has 1 amide bonds. The SMILES string of the molecule is O=C(CSc1ccc(O)cc1)Nc1ccc(Oc2ccccc2)cc1. The minimum atomic E-state index is -0.0881. The molecule has 3 rings (SSSR count). The standard InChI is InChI=1S/C20H17NO3S/c22-16-8-12-19(13-9-16)25-14-20(23)21-15-6-10-18(11-7-15)24-17-4-2-1-3-5-17/h1-13,22H,14H2,(H,21,23). The van der Waals surface area contributed by atoms with Crippen molar-refractivity contribution in [1.29, 1.82) is 0 Å². The topological polar surface area (TPSA) is 58.6 Å². The lowest BCUT2D eigenvalue weighted by Gasteiger charge is -2.08. The van der Waals surface area contributed by atoms with Gasteiger partial charge in [-0.05, 0) is 60.7 Å². The minimum Gasteiger partial charge on any atom is -0.508 e. The van der Waals surface area contributed by atoms with Gasteiger partial charge in [-0.15, -0.1) is 11.8 Å². The fourth-order valence-corrected chi connectivity index (χ4v) is 2.82. The largest absolute Gasteiger partial charge is 0.508 e. The number of hydrogen-bond donors (Lipinski definition) is 2. The van der Waals surface area contributed by atoms with Gasteiger partial charge in [0.15, 0.2) is 0 Å². The Balaban J connectivity index is 1.50. The van der Waals surface area contributed by atoms with Crippen LogP contribution >= 0.6 is 11.8 Å². The molecule has 0 aliphatic heterocycles. The first-order chi connectivity index (χ1) is 12.2. The molecule has 3 aromatic rings. The zero-order valence-electron chi connectivity index (χ0n) is 13.4. The second kappa shape index (κ2) is 8.26. The van der Waals surface area contributed by atoms with E-state index in [2.05, 4.69) is 5.32 Å². The number of aromatic hydroxyl groups is 1. The molecule has 0 saturated carbocycles. The first-order valence-corrected chi connectivity index (χ1v) is 8.72. The molecule has 0 aromatic heterocycles. The highest BCUT2D eigenvalue weighted by Gasteiger charge is 2.05.